The fourth-order valence-electron chi connectivity index (χ4n) is 2.96. The first-order valence-corrected chi connectivity index (χ1v) is 7.96. The molecule has 106 valence electrons. The van der Waals surface area contributed by atoms with Gasteiger partial charge in [-0.05, 0) is 57.2 Å². The maximum absolute atomic E-state index is 2.41. The fraction of sp³-hybridized carbons (Fsp3) is 0.667. The van der Waals surface area contributed by atoms with Crippen LogP contribution in [-0.2, 0) is 6.42 Å². The Morgan fingerprint density at radius 1 is 1.05 bits per heavy atom. The average molecular weight is 259 g/mol. The third kappa shape index (κ3) is 4.35. The van der Waals surface area contributed by atoms with Crippen molar-refractivity contribution < 1.29 is 0 Å². The number of rotatable bonds is 5. The van der Waals surface area contributed by atoms with E-state index in [0.717, 1.165) is 12.5 Å². The van der Waals surface area contributed by atoms with E-state index in [2.05, 4.69) is 50.1 Å². The van der Waals surface area contributed by atoms with Gasteiger partial charge in [0.2, 0.25) is 0 Å². The summed E-state index contributed by atoms with van der Waals surface area (Å²) in [5.41, 5.74) is 3.05. The molecule has 1 aliphatic carbocycles. The van der Waals surface area contributed by atoms with E-state index >= 15 is 0 Å². The fourth-order valence-corrected chi connectivity index (χ4v) is 2.96. The van der Waals surface area contributed by atoms with Crippen LogP contribution >= 0.6 is 0 Å². The highest BCUT2D eigenvalue weighted by Gasteiger charge is 2.15. The molecule has 0 spiro atoms. The number of hydrogen-bond acceptors (Lipinski definition) is 1. The van der Waals surface area contributed by atoms with Crippen molar-refractivity contribution in [2.24, 2.45) is 0 Å². The molecular formula is C18H29N. The molecule has 19 heavy (non-hydrogen) atoms. The molecule has 1 aliphatic rings. The van der Waals surface area contributed by atoms with Crippen LogP contribution in [0, 0.1) is 0 Å². The zero-order valence-corrected chi connectivity index (χ0v) is 12.9. The molecule has 1 heteroatoms. The molecule has 0 amide bonds. The van der Waals surface area contributed by atoms with E-state index in [0.29, 0.717) is 6.04 Å². The van der Waals surface area contributed by atoms with Crippen molar-refractivity contribution in [1.29, 1.82) is 0 Å². The van der Waals surface area contributed by atoms with Gasteiger partial charge in [-0.3, -0.25) is 0 Å². The SMILES string of the molecule is CC(C)N(C)CCc1ccc(C2CCCCC2)cc1. The van der Waals surface area contributed by atoms with E-state index in [1.54, 1.807) is 5.56 Å². The molecule has 0 bridgehead atoms. The van der Waals surface area contributed by atoms with Gasteiger partial charge in [-0.1, -0.05) is 43.5 Å². The Morgan fingerprint density at radius 2 is 1.68 bits per heavy atom. The van der Waals surface area contributed by atoms with E-state index in [4.69, 9.17) is 0 Å². The van der Waals surface area contributed by atoms with E-state index in [1.165, 1.54) is 44.1 Å². The Hall–Kier alpha value is -0.820. The first-order chi connectivity index (χ1) is 9.16. The van der Waals surface area contributed by atoms with Crippen LogP contribution in [-0.4, -0.2) is 24.5 Å². The lowest BCUT2D eigenvalue weighted by molar-refractivity contribution is 0.277. The van der Waals surface area contributed by atoms with Crippen molar-refractivity contribution in [3.63, 3.8) is 0 Å². The highest BCUT2D eigenvalue weighted by Crippen LogP contribution is 2.32. The summed E-state index contributed by atoms with van der Waals surface area (Å²) in [6, 6.07) is 10.1. The average Bonchev–Trinajstić information content (AvgIpc) is 2.46. The summed E-state index contributed by atoms with van der Waals surface area (Å²) in [6.45, 7) is 5.67. The van der Waals surface area contributed by atoms with Crippen molar-refractivity contribution >= 4 is 0 Å². The second kappa shape index (κ2) is 7.09. The Kier molecular flexibility index (Phi) is 5.45. The molecule has 0 radical (unpaired) electrons. The maximum Gasteiger partial charge on any atom is 0.00356 e. The molecule has 1 aromatic rings. The van der Waals surface area contributed by atoms with Crippen molar-refractivity contribution in [1.82, 2.24) is 4.90 Å². The van der Waals surface area contributed by atoms with Gasteiger partial charge >= 0.3 is 0 Å². The summed E-state index contributed by atoms with van der Waals surface area (Å²) in [5.74, 6) is 0.834. The number of nitrogens with zero attached hydrogens (tertiary/aromatic N) is 1. The van der Waals surface area contributed by atoms with Gasteiger partial charge in [0.1, 0.15) is 0 Å². The molecule has 1 nitrogen and oxygen atoms in total. The zero-order valence-electron chi connectivity index (χ0n) is 12.9. The van der Waals surface area contributed by atoms with Gasteiger partial charge in [-0.15, -0.1) is 0 Å². The second-order valence-corrected chi connectivity index (χ2v) is 6.40. The van der Waals surface area contributed by atoms with E-state index in [1.807, 2.05) is 0 Å². The summed E-state index contributed by atoms with van der Waals surface area (Å²) in [7, 11) is 2.21. The molecule has 1 saturated carbocycles. The van der Waals surface area contributed by atoms with Gasteiger partial charge in [0, 0.05) is 12.6 Å². The summed E-state index contributed by atoms with van der Waals surface area (Å²) in [4.78, 5) is 2.41. The summed E-state index contributed by atoms with van der Waals surface area (Å²) in [6.07, 6.45) is 8.25. The van der Waals surface area contributed by atoms with Crippen LogP contribution in [0.3, 0.4) is 0 Å². The van der Waals surface area contributed by atoms with Crippen LogP contribution in [0.1, 0.15) is 63.0 Å². The molecule has 0 heterocycles. The van der Waals surface area contributed by atoms with Crippen molar-refractivity contribution in [2.75, 3.05) is 13.6 Å². The summed E-state index contributed by atoms with van der Waals surface area (Å²) in [5, 5.41) is 0. The topological polar surface area (TPSA) is 3.24 Å². The van der Waals surface area contributed by atoms with Crippen molar-refractivity contribution in [3.8, 4) is 0 Å². The largest absolute Gasteiger partial charge is 0.304 e. The van der Waals surface area contributed by atoms with Crippen molar-refractivity contribution in [3.05, 3.63) is 35.4 Å². The van der Waals surface area contributed by atoms with Crippen molar-refractivity contribution in [2.45, 2.75) is 64.3 Å². The summed E-state index contributed by atoms with van der Waals surface area (Å²) >= 11 is 0. The van der Waals surface area contributed by atoms with Crippen LogP contribution in [0.25, 0.3) is 0 Å². The van der Waals surface area contributed by atoms with Gasteiger partial charge in [0.25, 0.3) is 0 Å². The molecular weight excluding hydrogens is 230 g/mol. The standard InChI is InChI=1S/C18H29N/c1-15(2)19(3)14-13-16-9-11-18(12-10-16)17-7-5-4-6-8-17/h9-12,15,17H,4-8,13-14H2,1-3H3. The predicted octanol–water partition coefficient (Wildman–Crippen LogP) is 4.62. The third-order valence-electron chi connectivity index (χ3n) is 4.69. The Bertz CT molecular complexity index is 360. The first kappa shape index (κ1) is 14.6. The lowest BCUT2D eigenvalue weighted by Crippen LogP contribution is -2.28. The Labute approximate surface area is 119 Å². The van der Waals surface area contributed by atoms with Gasteiger partial charge in [-0.25, -0.2) is 0 Å². The first-order valence-electron chi connectivity index (χ1n) is 7.96. The maximum atomic E-state index is 2.41. The highest BCUT2D eigenvalue weighted by molar-refractivity contribution is 5.26. The molecule has 0 unspecified atom stereocenters. The number of benzene rings is 1. The molecule has 0 aromatic heterocycles. The minimum Gasteiger partial charge on any atom is -0.304 e. The minimum atomic E-state index is 0.640. The quantitative estimate of drug-likeness (QED) is 0.746. The lowest BCUT2D eigenvalue weighted by atomic mass is 9.84. The smallest absolute Gasteiger partial charge is 0.00356 e. The van der Waals surface area contributed by atoms with Gasteiger partial charge in [0.15, 0.2) is 0 Å². The molecule has 2 rings (SSSR count). The molecule has 1 aromatic carbocycles. The normalized spacial score (nSPS) is 17.3. The molecule has 0 aliphatic heterocycles. The zero-order chi connectivity index (χ0) is 13.7. The van der Waals surface area contributed by atoms with E-state index in [9.17, 15) is 0 Å². The van der Waals surface area contributed by atoms with Gasteiger partial charge < -0.3 is 4.90 Å². The van der Waals surface area contributed by atoms with Crippen LogP contribution in [0.4, 0.5) is 0 Å². The molecule has 0 N–H and O–H groups in total. The molecule has 0 atom stereocenters. The van der Waals surface area contributed by atoms with E-state index in [-0.39, 0.29) is 0 Å². The Morgan fingerprint density at radius 3 is 2.26 bits per heavy atom. The predicted molar refractivity (Wildman–Crippen MR) is 83.7 cm³/mol. The summed E-state index contributed by atoms with van der Waals surface area (Å²) < 4.78 is 0. The minimum absolute atomic E-state index is 0.640. The second-order valence-electron chi connectivity index (χ2n) is 6.40. The van der Waals surface area contributed by atoms with E-state index < -0.39 is 0 Å². The molecule has 1 fully saturated rings. The monoisotopic (exact) mass is 259 g/mol. The highest BCUT2D eigenvalue weighted by atomic mass is 15.1. The number of hydrogen-bond donors (Lipinski definition) is 0. The van der Waals surface area contributed by atoms with Crippen LogP contribution < -0.4 is 0 Å². The third-order valence-corrected chi connectivity index (χ3v) is 4.69. The molecule has 0 saturated heterocycles. The van der Waals surface area contributed by atoms with Crippen LogP contribution in [0.5, 0.6) is 0 Å². The lowest BCUT2D eigenvalue weighted by Gasteiger charge is -2.23. The Balaban J connectivity index is 1.87. The van der Waals surface area contributed by atoms with Crippen LogP contribution in [0.2, 0.25) is 0 Å². The van der Waals surface area contributed by atoms with Gasteiger partial charge in [0.05, 0.1) is 0 Å². The van der Waals surface area contributed by atoms with Gasteiger partial charge in [-0.2, -0.15) is 0 Å². The van der Waals surface area contributed by atoms with Crippen LogP contribution in [0.15, 0.2) is 24.3 Å². The number of likely N-dealkylation sites (N-methyl/N-ethyl adjacent to an activating group) is 1.